The first-order valence-electron chi connectivity index (χ1n) is 7.07. The van der Waals surface area contributed by atoms with Crippen LogP contribution in [0.3, 0.4) is 0 Å². The summed E-state index contributed by atoms with van der Waals surface area (Å²) in [5.41, 5.74) is 1.64. The predicted octanol–water partition coefficient (Wildman–Crippen LogP) is 3.53. The van der Waals surface area contributed by atoms with Crippen molar-refractivity contribution in [3.05, 3.63) is 18.0 Å². The Morgan fingerprint density at radius 3 is 2.50 bits per heavy atom. The summed E-state index contributed by atoms with van der Waals surface area (Å²) in [6.45, 7) is 12.6. The molecule has 3 heteroatoms. The van der Waals surface area contributed by atoms with Crippen molar-refractivity contribution in [1.29, 1.82) is 0 Å². The summed E-state index contributed by atoms with van der Waals surface area (Å²) in [5.74, 6) is 0.668. The monoisotopic (exact) mass is 251 g/mol. The fourth-order valence-corrected chi connectivity index (χ4v) is 2.06. The Morgan fingerprint density at radius 2 is 2.06 bits per heavy atom. The molecule has 2 unspecified atom stereocenters. The van der Waals surface area contributed by atoms with Gasteiger partial charge in [0.25, 0.3) is 0 Å². The van der Waals surface area contributed by atoms with Gasteiger partial charge in [0.2, 0.25) is 0 Å². The molecule has 104 valence electrons. The van der Waals surface area contributed by atoms with Crippen LogP contribution in [0, 0.1) is 11.3 Å². The average Bonchev–Trinajstić information content (AvgIpc) is 2.69. The molecule has 0 aliphatic heterocycles. The fraction of sp³-hybridized carbons (Fsp3) is 0.800. The van der Waals surface area contributed by atoms with Gasteiger partial charge >= 0.3 is 0 Å². The highest BCUT2D eigenvalue weighted by Gasteiger charge is 2.25. The number of nitrogens with zero attached hydrogens (tertiary/aromatic N) is 2. The van der Waals surface area contributed by atoms with Crippen LogP contribution < -0.4 is 5.32 Å². The van der Waals surface area contributed by atoms with E-state index in [1.807, 2.05) is 17.9 Å². The molecule has 0 aliphatic rings. The van der Waals surface area contributed by atoms with Gasteiger partial charge < -0.3 is 5.32 Å². The van der Waals surface area contributed by atoms with E-state index in [9.17, 15) is 0 Å². The minimum Gasteiger partial charge on any atom is -0.309 e. The van der Waals surface area contributed by atoms with Gasteiger partial charge in [0.1, 0.15) is 0 Å². The Morgan fingerprint density at radius 1 is 1.39 bits per heavy atom. The third-order valence-electron chi connectivity index (χ3n) is 3.92. The lowest BCUT2D eigenvalue weighted by Gasteiger charge is -2.31. The van der Waals surface area contributed by atoms with Gasteiger partial charge in [0.05, 0.1) is 5.69 Å². The lowest BCUT2D eigenvalue weighted by Crippen LogP contribution is -2.29. The van der Waals surface area contributed by atoms with Gasteiger partial charge in [-0.2, -0.15) is 5.10 Å². The van der Waals surface area contributed by atoms with E-state index in [1.54, 1.807) is 0 Å². The normalized spacial score (nSPS) is 15.7. The summed E-state index contributed by atoms with van der Waals surface area (Å²) in [6.07, 6.45) is 4.21. The van der Waals surface area contributed by atoms with Crippen LogP contribution in [0.2, 0.25) is 0 Å². The molecule has 0 fully saturated rings. The second-order valence-electron chi connectivity index (χ2n) is 6.39. The predicted molar refractivity (Wildman–Crippen MR) is 77.5 cm³/mol. The molecule has 1 aromatic heterocycles. The first-order valence-corrected chi connectivity index (χ1v) is 7.07. The Balaban J connectivity index is 2.77. The van der Waals surface area contributed by atoms with Crippen molar-refractivity contribution >= 4 is 0 Å². The molecular weight excluding hydrogens is 222 g/mol. The van der Waals surface area contributed by atoms with Crippen LogP contribution in [0.1, 0.15) is 59.2 Å². The summed E-state index contributed by atoms with van der Waals surface area (Å²) in [6, 6.07) is 2.54. The number of hydrogen-bond acceptors (Lipinski definition) is 2. The van der Waals surface area contributed by atoms with Crippen LogP contribution in [-0.2, 0) is 7.05 Å². The van der Waals surface area contributed by atoms with Crippen LogP contribution in [0.4, 0.5) is 0 Å². The molecule has 18 heavy (non-hydrogen) atoms. The summed E-state index contributed by atoms with van der Waals surface area (Å²) >= 11 is 0. The van der Waals surface area contributed by atoms with Gasteiger partial charge in [-0.3, -0.25) is 4.68 Å². The van der Waals surface area contributed by atoms with Crippen molar-refractivity contribution < 1.29 is 0 Å². The Hall–Kier alpha value is -0.830. The van der Waals surface area contributed by atoms with Crippen molar-refractivity contribution in [3.8, 4) is 0 Å². The number of aryl methyl sites for hydroxylation is 1. The second kappa shape index (κ2) is 6.37. The standard InChI is InChI=1S/C15H29N3/c1-7-9-16-13(11-12(2)15(3,4)5)14-8-10-17-18(14)6/h8,10,12-13,16H,7,9,11H2,1-6H3. The number of aromatic nitrogens is 2. The smallest absolute Gasteiger partial charge is 0.0550 e. The maximum Gasteiger partial charge on any atom is 0.0550 e. The van der Waals surface area contributed by atoms with Gasteiger partial charge in [0, 0.05) is 19.3 Å². The SMILES string of the molecule is CCCNC(CC(C)C(C)(C)C)c1ccnn1C. The highest BCUT2D eigenvalue weighted by molar-refractivity contribution is 5.07. The molecule has 1 heterocycles. The van der Waals surface area contributed by atoms with Gasteiger partial charge in [-0.1, -0.05) is 34.6 Å². The highest BCUT2D eigenvalue weighted by atomic mass is 15.3. The highest BCUT2D eigenvalue weighted by Crippen LogP contribution is 2.33. The van der Waals surface area contributed by atoms with Crippen molar-refractivity contribution in [1.82, 2.24) is 15.1 Å². The van der Waals surface area contributed by atoms with Crippen molar-refractivity contribution in [2.75, 3.05) is 6.54 Å². The molecule has 0 aliphatic carbocycles. The minimum absolute atomic E-state index is 0.352. The molecule has 3 nitrogen and oxygen atoms in total. The van der Waals surface area contributed by atoms with E-state index in [0.29, 0.717) is 17.4 Å². The first-order chi connectivity index (χ1) is 8.36. The average molecular weight is 251 g/mol. The van der Waals surface area contributed by atoms with E-state index in [4.69, 9.17) is 0 Å². The summed E-state index contributed by atoms with van der Waals surface area (Å²) in [7, 11) is 2.03. The summed E-state index contributed by atoms with van der Waals surface area (Å²) in [5, 5.41) is 7.95. The molecular formula is C15H29N3. The van der Waals surface area contributed by atoms with E-state index in [0.717, 1.165) is 19.4 Å². The molecule has 0 radical (unpaired) electrons. The molecule has 0 amide bonds. The van der Waals surface area contributed by atoms with Gasteiger partial charge in [-0.05, 0) is 36.8 Å². The zero-order valence-corrected chi connectivity index (χ0v) is 12.8. The van der Waals surface area contributed by atoms with E-state index in [1.165, 1.54) is 5.69 Å². The molecule has 1 rings (SSSR count). The summed E-state index contributed by atoms with van der Waals surface area (Å²) < 4.78 is 1.99. The molecule has 0 saturated heterocycles. The molecule has 2 atom stereocenters. The van der Waals surface area contributed by atoms with Crippen LogP contribution >= 0.6 is 0 Å². The van der Waals surface area contributed by atoms with Crippen molar-refractivity contribution in [2.45, 2.75) is 53.5 Å². The Labute approximate surface area is 112 Å². The van der Waals surface area contributed by atoms with Crippen molar-refractivity contribution in [3.63, 3.8) is 0 Å². The zero-order chi connectivity index (χ0) is 13.8. The largest absolute Gasteiger partial charge is 0.309 e. The lowest BCUT2D eigenvalue weighted by molar-refractivity contribution is 0.220. The maximum atomic E-state index is 4.29. The molecule has 1 N–H and O–H groups in total. The van der Waals surface area contributed by atoms with E-state index >= 15 is 0 Å². The molecule has 0 aromatic carbocycles. The van der Waals surface area contributed by atoms with Gasteiger partial charge in [-0.15, -0.1) is 0 Å². The van der Waals surface area contributed by atoms with Crippen molar-refractivity contribution in [2.24, 2.45) is 18.4 Å². The Bertz CT molecular complexity index is 349. The van der Waals surface area contributed by atoms with Crippen LogP contribution in [-0.4, -0.2) is 16.3 Å². The van der Waals surface area contributed by atoms with E-state index in [2.05, 4.69) is 51.1 Å². The zero-order valence-electron chi connectivity index (χ0n) is 12.8. The van der Waals surface area contributed by atoms with Crippen LogP contribution in [0.15, 0.2) is 12.3 Å². The molecule has 0 bridgehead atoms. The minimum atomic E-state index is 0.352. The number of hydrogen-bond donors (Lipinski definition) is 1. The van der Waals surface area contributed by atoms with Gasteiger partial charge in [-0.25, -0.2) is 0 Å². The second-order valence-corrected chi connectivity index (χ2v) is 6.39. The fourth-order valence-electron chi connectivity index (χ4n) is 2.06. The number of nitrogens with one attached hydrogen (secondary N) is 1. The van der Waals surface area contributed by atoms with E-state index < -0.39 is 0 Å². The topological polar surface area (TPSA) is 29.9 Å². The van der Waals surface area contributed by atoms with Gasteiger partial charge in [0.15, 0.2) is 0 Å². The third kappa shape index (κ3) is 4.13. The first kappa shape index (κ1) is 15.2. The third-order valence-corrected chi connectivity index (χ3v) is 3.92. The Kier molecular flexibility index (Phi) is 5.39. The molecule has 1 aromatic rings. The van der Waals surface area contributed by atoms with Crippen LogP contribution in [0.25, 0.3) is 0 Å². The van der Waals surface area contributed by atoms with E-state index in [-0.39, 0.29) is 0 Å². The molecule has 0 spiro atoms. The quantitative estimate of drug-likeness (QED) is 0.838. The lowest BCUT2D eigenvalue weighted by atomic mass is 9.78. The maximum absolute atomic E-state index is 4.29. The summed E-state index contributed by atoms with van der Waals surface area (Å²) in [4.78, 5) is 0. The van der Waals surface area contributed by atoms with Crippen LogP contribution in [0.5, 0.6) is 0 Å². The number of rotatable bonds is 6. The molecule has 0 saturated carbocycles.